The van der Waals surface area contributed by atoms with Crippen molar-refractivity contribution in [2.45, 2.75) is 12.8 Å². The van der Waals surface area contributed by atoms with Crippen LogP contribution in [0, 0.1) is 0 Å². The number of allylic oxidation sites excluding steroid dienone is 4. The number of hydrogen-bond acceptors (Lipinski definition) is 1. The summed E-state index contributed by atoms with van der Waals surface area (Å²) in [5.74, 6) is 0. The Labute approximate surface area is 258 Å². The van der Waals surface area contributed by atoms with Crippen molar-refractivity contribution in [2.24, 2.45) is 0 Å². The van der Waals surface area contributed by atoms with E-state index in [9.17, 15) is 0 Å². The third-order valence-corrected chi connectivity index (χ3v) is 8.63. The van der Waals surface area contributed by atoms with Crippen molar-refractivity contribution in [3.05, 3.63) is 175 Å². The van der Waals surface area contributed by atoms with E-state index in [0.29, 0.717) is 0 Å². The zero-order valence-corrected chi connectivity index (χ0v) is 24.5. The van der Waals surface area contributed by atoms with Gasteiger partial charge in [0.2, 0.25) is 0 Å². The van der Waals surface area contributed by atoms with Crippen LogP contribution in [-0.2, 0) is 0 Å². The van der Waals surface area contributed by atoms with E-state index >= 15 is 0 Å². The molecule has 44 heavy (non-hydrogen) atoms. The second-order valence-electron chi connectivity index (χ2n) is 11.3. The summed E-state index contributed by atoms with van der Waals surface area (Å²) in [6.45, 7) is 0. The van der Waals surface area contributed by atoms with Gasteiger partial charge in [0, 0.05) is 33.5 Å². The molecule has 210 valence electrons. The summed E-state index contributed by atoms with van der Waals surface area (Å²) in [4.78, 5) is 2.35. The van der Waals surface area contributed by atoms with Crippen LogP contribution < -0.4 is 4.90 Å². The van der Waals surface area contributed by atoms with Crippen LogP contribution in [0.4, 0.5) is 17.1 Å². The highest BCUT2D eigenvalue weighted by molar-refractivity contribution is 6.09. The van der Waals surface area contributed by atoms with E-state index in [0.717, 1.165) is 35.6 Å². The Hall–Kier alpha value is -5.60. The molecule has 6 aromatic carbocycles. The fourth-order valence-electron chi connectivity index (χ4n) is 6.46. The minimum atomic E-state index is 1.10. The highest BCUT2D eigenvalue weighted by Crippen LogP contribution is 2.38. The predicted octanol–water partition coefficient (Wildman–Crippen LogP) is 11.7. The molecule has 0 amide bonds. The smallest absolute Gasteiger partial charge is 0.0541 e. The molecule has 2 heteroatoms. The molecule has 0 N–H and O–H groups in total. The van der Waals surface area contributed by atoms with Gasteiger partial charge in [0.25, 0.3) is 0 Å². The number of hydrogen-bond donors (Lipinski definition) is 0. The number of nitrogens with zero attached hydrogens (tertiary/aromatic N) is 2. The lowest BCUT2D eigenvalue weighted by Gasteiger charge is -2.26. The van der Waals surface area contributed by atoms with E-state index in [2.05, 4.69) is 179 Å². The van der Waals surface area contributed by atoms with Crippen LogP contribution in [0.25, 0.3) is 44.2 Å². The van der Waals surface area contributed by atoms with E-state index in [1.807, 2.05) is 0 Å². The maximum absolute atomic E-state index is 2.37. The molecule has 1 heterocycles. The fraction of sp³-hybridized carbons (Fsp3) is 0.0476. The summed E-state index contributed by atoms with van der Waals surface area (Å²) in [6, 6.07) is 54.7. The van der Waals surface area contributed by atoms with Gasteiger partial charge in [0.15, 0.2) is 0 Å². The monoisotopic (exact) mass is 564 g/mol. The Bertz CT molecular complexity index is 2080. The van der Waals surface area contributed by atoms with Gasteiger partial charge in [-0.2, -0.15) is 0 Å². The molecule has 1 aromatic heterocycles. The third-order valence-electron chi connectivity index (χ3n) is 8.63. The van der Waals surface area contributed by atoms with Gasteiger partial charge >= 0.3 is 0 Å². The van der Waals surface area contributed by atoms with Crippen molar-refractivity contribution in [3.63, 3.8) is 0 Å². The summed E-state index contributed by atoms with van der Waals surface area (Å²) >= 11 is 0. The maximum Gasteiger partial charge on any atom is 0.0541 e. The fourth-order valence-corrected chi connectivity index (χ4v) is 6.46. The second-order valence-corrected chi connectivity index (χ2v) is 11.3. The number of aromatic nitrogens is 1. The van der Waals surface area contributed by atoms with Gasteiger partial charge in [0.1, 0.15) is 0 Å². The molecule has 0 fully saturated rings. The molecule has 0 atom stereocenters. The first kappa shape index (κ1) is 26.1. The topological polar surface area (TPSA) is 8.17 Å². The summed E-state index contributed by atoms with van der Waals surface area (Å²) in [5.41, 5.74) is 11.9. The van der Waals surface area contributed by atoms with E-state index in [1.54, 1.807) is 0 Å². The first-order chi connectivity index (χ1) is 21.8. The zero-order valence-electron chi connectivity index (χ0n) is 24.5. The summed E-state index contributed by atoms with van der Waals surface area (Å²) in [7, 11) is 0. The van der Waals surface area contributed by atoms with Crippen LogP contribution in [0.2, 0.25) is 0 Å². The molecule has 0 saturated carbocycles. The SMILES string of the molecule is C1=CC(c2ccc(N(c3ccc(-c4ccccc4)cc3)c3ccc(-n4c5ccccc5c5ccccc54)cc3)cc2)=CCC1. The molecule has 0 saturated heterocycles. The molecule has 1 aliphatic rings. The van der Waals surface area contributed by atoms with Crippen LogP contribution in [0.3, 0.4) is 0 Å². The van der Waals surface area contributed by atoms with Crippen LogP contribution in [0.1, 0.15) is 18.4 Å². The largest absolute Gasteiger partial charge is 0.311 e. The van der Waals surface area contributed by atoms with Crippen molar-refractivity contribution in [1.82, 2.24) is 4.57 Å². The van der Waals surface area contributed by atoms with Crippen molar-refractivity contribution in [3.8, 4) is 16.8 Å². The first-order valence-electron chi connectivity index (χ1n) is 15.3. The first-order valence-corrected chi connectivity index (χ1v) is 15.3. The van der Waals surface area contributed by atoms with Crippen molar-refractivity contribution in [1.29, 1.82) is 0 Å². The molecule has 1 aliphatic carbocycles. The predicted molar refractivity (Wildman–Crippen MR) is 187 cm³/mol. The molecule has 2 nitrogen and oxygen atoms in total. The molecule has 0 aliphatic heterocycles. The minimum Gasteiger partial charge on any atom is -0.311 e. The second kappa shape index (κ2) is 11.2. The molecular formula is C42H32N2. The Morgan fingerprint density at radius 1 is 0.432 bits per heavy atom. The molecule has 0 unspecified atom stereocenters. The maximum atomic E-state index is 2.37. The molecule has 0 bridgehead atoms. The van der Waals surface area contributed by atoms with Gasteiger partial charge in [-0.05, 0) is 95.8 Å². The average Bonchev–Trinajstić information content (AvgIpc) is 3.45. The Kier molecular flexibility index (Phi) is 6.66. The van der Waals surface area contributed by atoms with E-state index in [4.69, 9.17) is 0 Å². The lowest BCUT2D eigenvalue weighted by molar-refractivity contribution is 1.04. The highest BCUT2D eigenvalue weighted by atomic mass is 15.1. The molecular weight excluding hydrogens is 532 g/mol. The standard InChI is InChI=1S/C42H32N2/c1-3-11-31(12-4-1)33-19-23-35(24-20-33)43(36-25-21-34(22-26-36)32-13-5-2-6-14-32)37-27-29-38(30-28-37)44-41-17-9-7-15-39(41)40-16-8-10-18-42(40)44/h1,3-5,7-30H,2,6H2. The Morgan fingerprint density at radius 3 is 1.50 bits per heavy atom. The van der Waals surface area contributed by atoms with Crippen molar-refractivity contribution in [2.75, 3.05) is 4.90 Å². The quantitative estimate of drug-likeness (QED) is 0.195. The van der Waals surface area contributed by atoms with E-state index in [1.165, 1.54) is 44.1 Å². The van der Waals surface area contributed by atoms with Crippen LogP contribution >= 0.6 is 0 Å². The van der Waals surface area contributed by atoms with E-state index in [-0.39, 0.29) is 0 Å². The molecule has 7 aromatic rings. The third kappa shape index (κ3) is 4.71. The summed E-state index contributed by atoms with van der Waals surface area (Å²) < 4.78 is 2.37. The molecule has 0 radical (unpaired) electrons. The van der Waals surface area contributed by atoms with Gasteiger partial charge in [0.05, 0.1) is 11.0 Å². The van der Waals surface area contributed by atoms with Crippen molar-refractivity contribution >= 4 is 44.4 Å². The number of benzene rings is 6. The number of rotatable bonds is 6. The van der Waals surface area contributed by atoms with Gasteiger partial charge in [-0.1, -0.05) is 109 Å². The molecule has 8 rings (SSSR count). The average molecular weight is 565 g/mol. The molecule has 0 spiro atoms. The number of fused-ring (bicyclic) bond motifs is 3. The number of para-hydroxylation sites is 2. The van der Waals surface area contributed by atoms with Gasteiger partial charge in [-0.3, -0.25) is 0 Å². The van der Waals surface area contributed by atoms with Crippen LogP contribution in [0.5, 0.6) is 0 Å². The highest BCUT2D eigenvalue weighted by Gasteiger charge is 2.16. The Morgan fingerprint density at radius 2 is 0.932 bits per heavy atom. The summed E-state index contributed by atoms with van der Waals surface area (Å²) in [5, 5.41) is 2.55. The van der Waals surface area contributed by atoms with Gasteiger partial charge in [-0.15, -0.1) is 0 Å². The van der Waals surface area contributed by atoms with E-state index < -0.39 is 0 Å². The van der Waals surface area contributed by atoms with Gasteiger partial charge < -0.3 is 9.47 Å². The Balaban J connectivity index is 1.21. The summed E-state index contributed by atoms with van der Waals surface area (Å²) in [6.07, 6.45) is 9.07. The lowest BCUT2D eigenvalue weighted by Crippen LogP contribution is -2.10. The normalized spacial score (nSPS) is 12.9. The number of anilines is 3. The lowest BCUT2D eigenvalue weighted by atomic mass is 9.99. The minimum absolute atomic E-state index is 1.10. The van der Waals surface area contributed by atoms with Crippen LogP contribution in [0.15, 0.2) is 170 Å². The van der Waals surface area contributed by atoms with Crippen molar-refractivity contribution < 1.29 is 0 Å². The zero-order chi connectivity index (χ0) is 29.3. The van der Waals surface area contributed by atoms with Crippen LogP contribution in [-0.4, -0.2) is 4.57 Å². The van der Waals surface area contributed by atoms with Gasteiger partial charge in [-0.25, -0.2) is 0 Å².